The molecule has 0 aliphatic rings. The summed E-state index contributed by atoms with van der Waals surface area (Å²) in [7, 11) is 0. The van der Waals surface area contributed by atoms with Crippen molar-refractivity contribution in [1.82, 2.24) is 14.9 Å². The van der Waals surface area contributed by atoms with E-state index in [1.807, 2.05) is 24.3 Å². The first-order chi connectivity index (χ1) is 11.5. The SMILES string of the molecule is CCN(CC)CC.NC(=NCC(=O)O)Nc1nc2ccccc2[nH]1. The molecule has 0 atom stereocenters. The summed E-state index contributed by atoms with van der Waals surface area (Å²) >= 11 is 0. The lowest BCUT2D eigenvalue weighted by atomic mass is 10.3. The van der Waals surface area contributed by atoms with E-state index in [1.54, 1.807) is 0 Å². The van der Waals surface area contributed by atoms with Gasteiger partial charge in [0.2, 0.25) is 5.95 Å². The molecule has 0 bridgehead atoms. The van der Waals surface area contributed by atoms with Gasteiger partial charge in [0.1, 0.15) is 6.54 Å². The molecule has 0 amide bonds. The van der Waals surface area contributed by atoms with E-state index in [1.165, 1.54) is 19.6 Å². The summed E-state index contributed by atoms with van der Waals surface area (Å²) in [5.41, 5.74) is 7.15. The number of H-pyrrole nitrogens is 1. The summed E-state index contributed by atoms with van der Waals surface area (Å²) < 4.78 is 0. The number of imidazole rings is 1. The fourth-order valence-electron chi connectivity index (χ4n) is 2.00. The van der Waals surface area contributed by atoms with Gasteiger partial charge in [-0.1, -0.05) is 32.9 Å². The van der Waals surface area contributed by atoms with Crippen molar-refractivity contribution in [2.24, 2.45) is 10.7 Å². The van der Waals surface area contributed by atoms with Gasteiger partial charge in [0.05, 0.1) is 11.0 Å². The number of carboxylic acid groups (broad SMARTS) is 1. The molecule has 1 aromatic heterocycles. The number of nitrogens with two attached hydrogens (primary N) is 1. The number of carboxylic acids is 1. The molecule has 5 N–H and O–H groups in total. The number of carbonyl (C=O) groups is 1. The van der Waals surface area contributed by atoms with Crippen LogP contribution in [0.5, 0.6) is 0 Å². The largest absolute Gasteiger partial charge is 0.480 e. The van der Waals surface area contributed by atoms with E-state index < -0.39 is 5.97 Å². The van der Waals surface area contributed by atoms with E-state index >= 15 is 0 Å². The Morgan fingerprint density at radius 2 is 1.92 bits per heavy atom. The van der Waals surface area contributed by atoms with Gasteiger partial charge in [-0.25, -0.2) is 9.98 Å². The Morgan fingerprint density at radius 1 is 1.29 bits per heavy atom. The summed E-state index contributed by atoms with van der Waals surface area (Å²) in [4.78, 5) is 23.5. The predicted octanol–water partition coefficient (Wildman–Crippen LogP) is 1.72. The standard InChI is InChI=1S/C10H11N5O2.C6H15N/c11-9(12-5-8(16)17)15-10-13-6-3-1-2-4-7(6)14-10;1-4-7(5-2)6-3/h1-4H,5H2,(H,16,17)(H4,11,12,13,14,15);4-6H2,1-3H3. The first-order valence-corrected chi connectivity index (χ1v) is 7.95. The summed E-state index contributed by atoms with van der Waals surface area (Å²) in [5, 5.41) is 11.1. The molecule has 132 valence electrons. The lowest BCUT2D eigenvalue weighted by Crippen LogP contribution is -2.24. The molecule has 0 aliphatic heterocycles. The average molecular weight is 334 g/mol. The van der Waals surface area contributed by atoms with Crippen LogP contribution in [-0.4, -0.2) is 58.1 Å². The number of benzene rings is 1. The minimum atomic E-state index is -1.04. The molecule has 0 radical (unpaired) electrons. The first kappa shape index (κ1) is 19.4. The van der Waals surface area contributed by atoms with Crippen molar-refractivity contribution in [3.8, 4) is 0 Å². The number of hydrogen-bond donors (Lipinski definition) is 4. The summed E-state index contributed by atoms with van der Waals surface area (Å²) in [5.74, 6) is -0.608. The maximum Gasteiger partial charge on any atom is 0.325 e. The van der Waals surface area contributed by atoms with Crippen LogP contribution in [0.1, 0.15) is 20.8 Å². The first-order valence-electron chi connectivity index (χ1n) is 7.95. The smallest absolute Gasteiger partial charge is 0.325 e. The Bertz CT molecular complexity index is 625. The monoisotopic (exact) mass is 334 g/mol. The van der Waals surface area contributed by atoms with E-state index in [0.29, 0.717) is 5.95 Å². The Hall–Kier alpha value is -2.61. The number of nitrogens with zero attached hydrogens (tertiary/aromatic N) is 3. The number of aliphatic carboxylic acids is 1. The van der Waals surface area contributed by atoms with Crippen LogP contribution in [-0.2, 0) is 4.79 Å². The van der Waals surface area contributed by atoms with E-state index in [2.05, 4.69) is 45.9 Å². The number of para-hydroxylation sites is 2. The van der Waals surface area contributed by atoms with E-state index in [-0.39, 0.29) is 12.5 Å². The number of fused-ring (bicyclic) bond motifs is 1. The van der Waals surface area contributed by atoms with Crippen molar-refractivity contribution in [1.29, 1.82) is 0 Å². The molecule has 0 spiro atoms. The molecule has 0 unspecified atom stereocenters. The fourth-order valence-corrected chi connectivity index (χ4v) is 2.00. The highest BCUT2D eigenvalue weighted by Gasteiger charge is 2.02. The Labute approximate surface area is 141 Å². The molecule has 24 heavy (non-hydrogen) atoms. The van der Waals surface area contributed by atoms with Crippen LogP contribution < -0.4 is 11.1 Å². The lowest BCUT2D eigenvalue weighted by molar-refractivity contribution is -0.135. The molecule has 8 nitrogen and oxygen atoms in total. The molecular formula is C16H26N6O2. The van der Waals surface area contributed by atoms with Gasteiger partial charge in [0.25, 0.3) is 0 Å². The zero-order valence-corrected chi connectivity index (χ0v) is 14.4. The van der Waals surface area contributed by atoms with E-state index in [4.69, 9.17) is 10.8 Å². The minimum absolute atomic E-state index is 0.00598. The summed E-state index contributed by atoms with van der Waals surface area (Å²) in [6, 6.07) is 7.47. The Morgan fingerprint density at radius 3 is 2.42 bits per heavy atom. The van der Waals surface area contributed by atoms with Crippen molar-refractivity contribution in [3.63, 3.8) is 0 Å². The zero-order chi connectivity index (χ0) is 17.9. The third kappa shape index (κ3) is 6.66. The molecule has 0 aliphatic carbocycles. The van der Waals surface area contributed by atoms with Crippen LogP contribution in [0.2, 0.25) is 0 Å². The van der Waals surface area contributed by atoms with Gasteiger partial charge in [-0.05, 0) is 31.8 Å². The topological polar surface area (TPSA) is 120 Å². The normalized spacial score (nSPS) is 11.2. The zero-order valence-electron chi connectivity index (χ0n) is 14.4. The number of hydrogen-bond acceptors (Lipinski definition) is 4. The van der Waals surface area contributed by atoms with Crippen LogP contribution in [0.4, 0.5) is 5.95 Å². The van der Waals surface area contributed by atoms with Crippen LogP contribution in [0, 0.1) is 0 Å². The molecular weight excluding hydrogens is 308 g/mol. The maximum absolute atomic E-state index is 10.3. The summed E-state index contributed by atoms with van der Waals surface area (Å²) in [6.07, 6.45) is 0. The van der Waals surface area contributed by atoms with Crippen LogP contribution in [0.25, 0.3) is 11.0 Å². The quantitative estimate of drug-likeness (QED) is 0.472. The highest BCUT2D eigenvalue weighted by molar-refractivity contribution is 5.93. The van der Waals surface area contributed by atoms with E-state index in [9.17, 15) is 4.79 Å². The minimum Gasteiger partial charge on any atom is -0.480 e. The van der Waals surface area contributed by atoms with Crippen molar-refractivity contribution in [2.75, 3.05) is 31.5 Å². The number of aromatic amines is 1. The summed E-state index contributed by atoms with van der Waals surface area (Å²) in [6.45, 7) is 9.75. The molecule has 2 aromatic rings. The number of guanidine groups is 1. The number of rotatable bonds is 6. The van der Waals surface area contributed by atoms with Crippen molar-refractivity contribution >= 4 is 28.9 Å². The van der Waals surface area contributed by atoms with E-state index in [0.717, 1.165) is 11.0 Å². The van der Waals surface area contributed by atoms with Gasteiger partial charge in [-0.3, -0.25) is 10.1 Å². The van der Waals surface area contributed by atoms with Gasteiger partial charge in [0, 0.05) is 0 Å². The molecule has 2 rings (SSSR count). The van der Waals surface area contributed by atoms with Crippen molar-refractivity contribution < 1.29 is 9.90 Å². The Kier molecular flexibility index (Phi) is 8.28. The molecule has 1 aromatic carbocycles. The molecule has 0 saturated carbocycles. The maximum atomic E-state index is 10.3. The number of aromatic nitrogens is 2. The Balaban J connectivity index is 0.000000351. The number of aliphatic imine (C=N–C) groups is 1. The fraction of sp³-hybridized carbons (Fsp3) is 0.438. The molecule has 0 saturated heterocycles. The second-order valence-electron chi connectivity index (χ2n) is 4.94. The van der Waals surface area contributed by atoms with Gasteiger partial charge in [-0.2, -0.15) is 0 Å². The second kappa shape index (κ2) is 10.2. The molecule has 1 heterocycles. The van der Waals surface area contributed by atoms with Gasteiger partial charge >= 0.3 is 5.97 Å². The van der Waals surface area contributed by atoms with Crippen LogP contribution in [0.3, 0.4) is 0 Å². The van der Waals surface area contributed by atoms with Gasteiger partial charge in [-0.15, -0.1) is 0 Å². The van der Waals surface area contributed by atoms with Crippen LogP contribution in [0.15, 0.2) is 29.3 Å². The third-order valence-electron chi connectivity index (χ3n) is 3.36. The predicted molar refractivity (Wildman–Crippen MR) is 97.3 cm³/mol. The number of anilines is 1. The number of nitrogens with one attached hydrogen (secondary N) is 2. The van der Waals surface area contributed by atoms with Crippen molar-refractivity contribution in [2.45, 2.75) is 20.8 Å². The second-order valence-corrected chi connectivity index (χ2v) is 4.94. The lowest BCUT2D eigenvalue weighted by Gasteiger charge is -2.13. The van der Waals surface area contributed by atoms with Crippen LogP contribution >= 0.6 is 0 Å². The average Bonchev–Trinajstić information content (AvgIpc) is 2.97. The third-order valence-corrected chi connectivity index (χ3v) is 3.36. The van der Waals surface area contributed by atoms with Crippen molar-refractivity contribution in [3.05, 3.63) is 24.3 Å². The highest BCUT2D eigenvalue weighted by atomic mass is 16.4. The molecule has 8 heteroatoms. The molecule has 0 fully saturated rings. The van der Waals surface area contributed by atoms with Gasteiger partial charge < -0.3 is 20.7 Å². The van der Waals surface area contributed by atoms with Gasteiger partial charge in [0.15, 0.2) is 5.96 Å². The highest BCUT2D eigenvalue weighted by Crippen LogP contribution is 2.12.